The fourth-order valence-electron chi connectivity index (χ4n) is 3.77. The topological polar surface area (TPSA) is 63.7 Å². The predicted octanol–water partition coefficient (Wildman–Crippen LogP) is 4.36. The summed E-state index contributed by atoms with van der Waals surface area (Å²) >= 11 is 0. The van der Waals surface area contributed by atoms with E-state index in [1.807, 2.05) is 43.3 Å². The van der Waals surface area contributed by atoms with Crippen molar-refractivity contribution in [2.75, 3.05) is 24.6 Å². The van der Waals surface area contributed by atoms with Gasteiger partial charge in [-0.25, -0.2) is 4.98 Å². The molecule has 166 valence electrons. The zero-order chi connectivity index (χ0) is 21.8. The Kier molecular flexibility index (Phi) is 6.64. The number of anilines is 1. The number of carbonyl (C=O) groups is 1. The molecule has 2 aliphatic rings. The van der Waals surface area contributed by atoms with Gasteiger partial charge in [0, 0.05) is 36.8 Å². The first-order chi connectivity index (χ1) is 15.0. The largest absolute Gasteiger partial charge is 0.489 e. The molecule has 1 N–H and O–H groups in total. The van der Waals surface area contributed by atoms with Crippen LogP contribution in [0.2, 0.25) is 0 Å². The lowest BCUT2D eigenvalue weighted by molar-refractivity contribution is -0.122. The molecule has 1 aliphatic heterocycles. The van der Waals surface area contributed by atoms with Crippen molar-refractivity contribution < 1.29 is 14.3 Å². The van der Waals surface area contributed by atoms with Crippen molar-refractivity contribution >= 4 is 11.6 Å². The first-order valence-electron chi connectivity index (χ1n) is 11.4. The molecule has 6 nitrogen and oxygen atoms in total. The third-order valence-electron chi connectivity index (χ3n) is 5.78. The quantitative estimate of drug-likeness (QED) is 0.649. The molecule has 1 saturated carbocycles. The van der Waals surface area contributed by atoms with Crippen LogP contribution in [-0.2, 0) is 4.79 Å². The fraction of sp³-hybridized carbons (Fsp3) is 0.520. The summed E-state index contributed by atoms with van der Waals surface area (Å²) in [6, 6.07) is 12.1. The maximum Gasteiger partial charge on any atom is 0.223 e. The molecule has 31 heavy (non-hydrogen) atoms. The first-order valence-corrected chi connectivity index (χ1v) is 11.4. The minimum atomic E-state index is 0.0166. The normalized spacial score (nSPS) is 19.4. The average molecular weight is 424 g/mol. The summed E-state index contributed by atoms with van der Waals surface area (Å²) in [5, 5.41) is 3.09. The minimum absolute atomic E-state index is 0.0166. The van der Waals surface area contributed by atoms with E-state index in [-0.39, 0.29) is 24.0 Å². The van der Waals surface area contributed by atoms with Gasteiger partial charge in [0.25, 0.3) is 0 Å². The molecule has 0 unspecified atom stereocenters. The summed E-state index contributed by atoms with van der Waals surface area (Å²) in [5.74, 6) is 2.42. The monoisotopic (exact) mass is 423 g/mol. The molecule has 1 aromatic heterocycles. The number of hydrogen-bond acceptors (Lipinski definition) is 5. The number of nitrogens with one attached hydrogen (secondary N) is 1. The molecule has 0 bridgehead atoms. The summed E-state index contributed by atoms with van der Waals surface area (Å²) in [7, 11) is 0. The van der Waals surface area contributed by atoms with Gasteiger partial charge in [0.15, 0.2) is 0 Å². The first kappa shape index (κ1) is 21.5. The van der Waals surface area contributed by atoms with Crippen molar-refractivity contribution in [2.24, 2.45) is 11.8 Å². The van der Waals surface area contributed by atoms with Gasteiger partial charge in [-0.05, 0) is 49.4 Å². The summed E-state index contributed by atoms with van der Waals surface area (Å²) in [6.07, 6.45) is 4.97. The second-order valence-corrected chi connectivity index (χ2v) is 9.11. The molecule has 2 fully saturated rings. The Morgan fingerprint density at radius 3 is 2.65 bits per heavy atom. The molecular weight excluding hydrogens is 390 g/mol. The molecule has 6 heteroatoms. The molecule has 2 aromatic rings. The Bertz CT molecular complexity index is 880. The van der Waals surface area contributed by atoms with Crippen LogP contribution < -0.4 is 19.7 Å². The number of pyridine rings is 1. The second kappa shape index (κ2) is 9.58. The molecule has 4 rings (SSSR count). The van der Waals surface area contributed by atoms with E-state index >= 15 is 0 Å². The van der Waals surface area contributed by atoms with Crippen LogP contribution in [0, 0.1) is 11.8 Å². The summed E-state index contributed by atoms with van der Waals surface area (Å²) in [6.45, 7) is 8.73. The maximum atomic E-state index is 12.0. The maximum absolute atomic E-state index is 12.0. The molecule has 0 radical (unpaired) electrons. The molecule has 2 atom stereocenters. The zero-order valence-electron chi connectivity index (χ0n) is 18.7. The molecule has 1 aromatic carbocycles. The molecule has 1 saturated heterocycles. The van der Waals surface area contributed by atoms with Gasteiger partial charge < -0.3 is 19.7 Å². The highest BCUT2D eigenvalue weighted by Crippen LogP contribution is 2.30. The molecular formula is C25H33N3O3. The van der Waals surface area contributed by atoms with Crippen LogP contribution in [-0.4, -0.2) is 36.7 Å². The highest BCUT2D eigenvalue weighted by molar-refractivity contribution is 5.81. The number of ether oxygens (including phenoxy) is 2. The lowest BCUT2D eigenvalue weighted by Gasteiger charge is -2.20. The Morgan fingerprint density at radius 1 is 1.16 bits per heavy atom. The number of hydrogen-bond donors (Lipinski definition) is 1. The van der Waals surface area contributed by atoms with E-state index in [2.05, 4.69) is 29.0 Å². The van der Waals surface area contributed by atoms with Crippen molar-refractivity contribution in [3.8, 4) is 11.6 Å². The number of aromatic nitrogens is 1. The molecule has 0 spiro atoms. The van der Waals surface area contributed by atoms with Gasteiger partial charge in [-0.15, -0.1) is 0 Å². The minimum Gasteiger partial charge on any atom is -0.489 e. The van der Waals surface area contributed by atoms with Crippen LogP contribution in [0.25, 0.3) is 0 Å². The van der Waals surface area contributed by atoms with E-state index in [9.17, 15) is 4.79 Å². The van der Waals surface area contributed by atoms with Gasteiger partial charge in [0.2, 0.25) is 11.8 Å². The standard InChI is InChI=1S/C25H33N3O3/c1-17(2)16-30-24-14-21(10-12-26-24)28-13-11-23(15-28)31-22-8-6-19(7-9-22)18(3)27-25(29)20-4-5-20/h6-10,12,14,17-18,20,23H,4-5,11,13,15-16H2,1-3H3,(H,27,29)/t18-,23+/m0/s1. The van der Waals surface area contributed by atoms with Gasteiger partial charge in [-0.2, -0.15) is 0 Å². The van der Waals surface area contributed by atoms with E-state index < -0.39 is 0 Å². The smallest absolute Gasteiger partial charge is 0.223 e. The predicted molar refractivity (Wildman–Crippen MR) is 122 cm³/mol. The SMILES string of the molecule is CC(C)COc1cc(N2CC[C@@H](Oc3ccc([C@H](C)NC(=O)C4CC4)cc3)C2)ccn1. The van der Waals surface area contributed by atoms with Gasteiger partial charge in [-0.3, -0.25) is 4.79 Å². The number of nitrogens with zero attached hydrogens (tertiary/aromatic N) is 2. The van der Waals surface area contributed by atoms with Crippen LogP contribution in [0.15, 0.2) is 42.6 Å². The van der Waals surface area contributed by atoms with E-state index in [1.165, 1.54) is 0 Å². The van der Waals surface area contributed by atoms with Crippen molar-refractivity contribution in [1.82, 2.24) is 10.3 Å². The van der Waals surface area contributed by atoms with Crippen LogP contribution in [0.3, 0.4) is 0 Å². The number of benzene rings is 1. The summed E-state index contributed by atoms with van der Waals surface area (Å²) in [4.78, 5) is 18.6. The Hall–Kier alpha value is -2.76. The Labute approximate surface area is 185 Å². The van der Waals surface area contributed by atoms with Crippen LogP contribution in [0.5, 0.6) is 11.6 Å². The highest BCUT2D eigenvalue weighted by Gasteiger charge is 2.30. The van der Waals surface area contributed by atoms with Crippen molar-refractivity contribution in [2.45, 2.75) is 52.2 Å². The number of amides is 1. The number of rotatable bonds is 9. The van der Waals surface area contributed by atoms with Gasteiger partial charge in [0.05, 0.1) is 19.2 Å². The molecule has 1 amide bonds. The van der Waals surface area contributed by atoms with E-state index in [0.29, 0.717) is 18.4 Å². The third kappa shape index (κ3) is 5.90. The van der Waals surface area contributed by atoms with Gasteiger partial charge in [0.1, 0.15) is 11.9 Å². The van der Waals surface area contributed by atoms with Crippen LogP contribution in [0.1, 0.15) is 51.6 Å². The van der Waals surface area contributed by atoms with E-state index in [4.69, 9.17) is 9.47 Å². The summed E-state index contributed by atoms with van der Waals surface area (Å²) in [5.41, 5.74) is 2.22. The van der Waals surface area contributed by atoms with Gasteiger partial charge in [-0.1, -0.05) is 26.0 Å². The van der Waals surface area contributed by atoms with E-state index in [0.717, 1.165) is 49.4 Å². The van der Waals surface area contributed by atoms with E-state index in [1.54, 1.807) is 6.20 Å². The Balaban J connectivity index is 1.29. The van der Waals surface area contributed by atoms with Gasteiger partial charge >= 0.3 is 0 Å². The zero-order valence-corrected chi connectivity index (χ0v) is 18.7. The third-order valence-corrected chi connectivity index (χ3v) is 5.78. The average Bonchev–Trinajstić information content (AvgIpc) is 3.52. The lowest BCUT2D eigenvalue weighted by atomic mass is 10.1. The number of carbonyl (C=O) groups excluding carboxylic acids is 1. The molecule has 1 aliphatic carbocycles. The van der Waals surface area contributed by atoms with Crippen molar-refractivity contribution in [1.29, 1.82) is 0 Å². The highest BCUT2D eigenvalue weighted by atomic mass is 16.5. The fourth-order valence-corrected chi connectivity index (χ4v) is 3.77. The van der Waals surface area contributed by atoms with Crippen molar-refractivity contribution in [3.05, 3.63) is 48.2 Å². The summed E-state index contributed by atoms with van der Waals surface area (Å²) < 4.78 is 12.0. The lowest BCUT2D eigenvalue weighted by Crippen LogP contribution is -2.27. The van der Waals surface area contributed by atoms with Crippen LogP contribution in [0.4, 0.5) is 5.69 Å². The van der Waals surface area contributed by atoms with Crippen LogP contribution >= 0.6 is 0 Å². The van der Waals surface area contributed by atoms with Crippen molar-refractivity contribution in [3.63, 3.8) is 0 Å². The molecule has 2 heterocycles. The second-order valence-electron chi connectivity index (χ2n) is 9.11. The Morgan fingerprint density at radius 2 is 1.94 bits per heavy atom.